The van der Waals surface area contributed by atoms with Gasteiger partial charge in [-0.25, -0.2) is 4.98 Å². The number of fused-ring (bicyclic) bond motifs is 1. The van der Waals surface area contributed by atoms with Gasteiger partial charge in [0.1, 0.15) is 0 Å². The van der Waals surface area contributed by atoms with Crippen LogP contribution in [0, 0.1) is 0 Å². The van der Waals surface area contributed by atoms with Crippen molar-refractivity contribution in [2.45, 2.75) is 0 Å². The minimum Gasteiger partial charge on any atom is -0.370 e. The van der Waals surface area contributed by atoms with Gasteiger partial charge in [-0.1, -0.05) is 22.9 Å². The van der Waals surface area contributed by atoms with Gasteiger partial charge in [-0.05, 0) is 18.2 Å². The molecule has 14 heavy (non-hydrogen) atoms. The van der Waals surface area contributed by atoms with Gasteiger partial charge in [-0.2, -0.15) is 4.99 Å². The van der Waals surface area contributed by atoms with Crippen LogP contribution in [0.3, 0.4) is 0 Å². The van der Waals surface area contributed by atoms with E-state index in [1.807, 2.05) is 12.1 Å². The number of thiazole rings is 1. The molecule has 0 spiro atoms. The molecule has 0 saturated heterocycles. The van der Waals surface area contributed by atoms with Crippen LogP contribution in [0.4, 0.5) is 5.13 Å². The van der Waals surface area contributed by atoms with E-state index in [0.717, 1.165) is 10.2 Å². The van der Waals surface area contributed by atoms with Crippen LogP contribution in [-0.2, 0) is 0 Å². The van der Waals surface area contributed by atoms with Crippen LogP contribution in [0.5, 0.6) is 0 Å². The number of benzene rings is 1. The molecule has 2 aromatic rings. The molecule has 72 valence electrons. The summed E-state index contributed by atoms with van der Waals surface area (Å²) in [6, 6.07) is 5.45. The highest BCUT2D eigenvalue weighted by Crippen LogP contribution is 2.29. The fourth-order valence-corrected chi connectivity index (χ4v) is 2.18. The van der Waals surface area contributed by atoms with Crippen molar-refractivity contribution in [3.63, 3.8) is 0 Å². The summed E-state index contributed by atoms with van der Waals surface area (Å²) in [4.78, 5) is 8.07. The van der Waals surface area contributed by atoms with E-state index in [-0.39, 0.29) is 5.96 Å². The SMILES string of the molecule is NC(N)=Nc1nc2ccc(Cl)cc2s1. The maximum atomic E-state index is 5.83. The van der Waals surface area contributed by atoms with Crippen LogP contribution in [-0.4, -0.2) is 10.9 Å². The molecule has 0 atom stereocenters. The Morgan fingerprint density at radius 3 is 2.93 bits per heavy atom. The monoisotopic (exact) mass is 226 g/mol. The van der Waals surface area contributed by atoms with Crippen molar-refractivity contribution in [2.24, 2.45) is 16.5 Å². The highest BCUT2D eigenvalue weighted by molar-refractivity contribution is 7.22. The van der Waals surface area contributed by atoms with E-state index in [0.29, 0.717) is 10.2 Å². The molecule has 4 nitrogen and oxygen atoms in total. The number of hydrogen-bond donors (Lipinski definition) is 2. The Hall–Kier alpha value is -1.33. The lowest BCUT2D eigenvalue weighted by Crippen LogP contribution is -2.21. The number of nitrogens with zero attached hydrogens (tertiary/aromatic N) is 2. The number of aliphatic imine (C=N–C) groups is 1. The molecule has 0 amide bonds. The largest absolute Gasteiger partial charge is 0.370 e. The molecular formula is C8H7ClN4S. The summed E-state index contributed by atoms with van der Waals surface area (Å²) >= 11 is 7.22. The summed E-state index contributed by atoms with van der Waals surface area (Å²) < 4.78 is 0.970. The molecule has 1 aromatic heterocycles. The van der Waals surface area contributed by atoms with Gasteiger partial charge in [0.25, 0.3) is 0 Å². The van der Waals surface area contributed by atoms with E-state index in [1.54, 1.807) is 6.07 Å². The van der Waals surface area contributed by atoms with E-state index in [1.165, 1.54) is 11.3 Å². The highest BCUT2D eigenvalue weighted by Gasteiger charge is 2.02. The molecule has 0 saturated carbocycles. The molecule has 0 unspecified atom stereocenters. The average molecular weight is 227 g/mol. The molecule has 0 aliphatic rings. The molecule has 0 aliphatic carbocycles. The summed E-state index contributed by atoms with van der Waals surface area (Å²) in [6.07, 6.45) is 0. The topological polar surface area (TPSA) is 77.3 Å². The van der Waals surface area contributed by atoms with E-state index < -0.39 is 0 Å². The van der Waals surface area contributed by atoms with Gasteiger partial charge in [0.15, 0.2) is 5.96 Å². The second kappa shape index (κ2) is 3.43. The van der Waals surface area contributed by atoms with Crippen molar-refractivity contribution in [1.82, 2.24) is 4.98 Å². The predicted molar refractivity (Wildman–Crippen MR) is 60.1 cm³/mol. The minimum atomic E-state index is 0.00940. The summed E-state index contributed by atoms with van der Waals surface area (Å²) in [7, 11) is 0. The zero-order valence-electron chi connectivity index (χ0n) is 7.07. The van der Waals surface area contributed by atoms with Gasteiger partial charge < -0.3 is 11.5 Å². The number of hydrogen-bond acceptors (Lipinski definition) is 3. The standard InChI is InChI=1S/C8H7ClN4S/c9-4-1-2-5-6(3-4)14-8(12-5)13-7(10)11/h1-3H,(H4,10,11,12,13). The van der Waals surface area contributed by atoms with Gasteiger partial charge in [0.2, 0.25) is 5.13 Å². The number of halogens is 1. The van der Waals surface area contributed by atoms with Gasteiger partial charge in [-0.15, -0.1) is 0 Å². The molecule has 0 radical (unpaired) electrons. The zero-order valence-corrected chi connectivity index (χ0v) is 8.64. The Labute approximate surface area is 89.2 Å². The van der Waals surface area contributed by atoms with Gasteiger partial charge in [-0.3, -0.25) is 0 Å². The van der Waals surface area contributed by atoms with Crippen molar-refractivity contribution in [3.8, 4) is 0 Å². The number of aromatic nitrogens is 1. The van der Waals surface area contributed by atoms with Crippen molar-refractivity contribution in [1.29, 1.82) is 0 Å². The maximum absolute atomic E-state index is 5.83. The van der Waals surface area contributed by atoms with Crippen LogP contribution in [0.25, 0.3) is 10.2 Å². The predicted octanol–water partition coefficient (Wildman–Crippen LogP) is 1.85. The Bertz CT molecular complexity index is 501. The smallest absolute Gasteiger partial charge is 0.213 e. The maximum Gasteiger partial charge on any atom is 0.213 e. The first-order valence-electron chi connectivity index (χ1n) is 3.81. The second-order valence-corrected chi connectivity index (χ2v) is 4.09. The van der Waals surface area contributed by atoms with E-state index >= 15 is 0 Å². The third kappa shape index (κ3) is 1.78. The summed E-state index contributed by atoms with van der Waals surface area (Å²) in [5, 5.41) is 1.22. The summed E-state index contributed by atoms with van der Waals surface area (Å²) in [6.45, 7) is 0. The van der Waals surface area contributed by atoms with Crippen LogP contribution < -0.4 is 11.5 Å². The first kappa shape index (κ1) is 9.23. The lowest BCUT2D eigenvalue weighted by Gasteiger charge is -1.86. The lowest BCUT2D eigenvalue weighted by molar-refractivity contribution is 1.36. The molecule has 0 aliphatic heterocycles. The lowest BCUT2D eigenvalue weighted by atomic mass is 10.3. The first-order valence-corrected chi connectivity index (χ1v) is 5.00. The molecule has 1 heterocycles. The zero-order chi connectivity index (χ0) is 10.1. The van der Waals surface area contributed by atoms with Crippen LogP contribution in [0.2, 0.25) is 5.02 Å². The Kier molecular flexibility index (Phi) is 2.26. The van der Waals surface area contributed by atoms with Crippen molar-refractivity contribution < 1.29 is 0 Å². The molecular weight excluding hydrogens is 220 g/mol. The minimum absolute atomic E-state index is 0.00940. The fourth-order valence-electron chi connectivity index (χ4n) is 1.04. The highest BCUT2D eigenvalue weighted by atomic mass is 35.5. The van der Waals surface area contributed by atoms with Gasteiger partial charge in [0.05, 0.1) is 10.2 Å². The Morgan fingerprint density at radius 1 is 1.43 bits per heavy atom. The molecule has 4 N–H and O–H groups in total. The number of guanidine groups is 1. The van der Waals surface area contributed by atoms with Crippen LogP contribution >= 0.6 is 22.9 Å². The first-order chi connectivity index (χ1) is 6.65. The Morgan fingerprint density at radius 2 is 2.21 bits per heavy atom. The summed E-state index contributed by atoms with van der Waals surface area (Å²) in [5.74, 6) is 0.00940. The second-order valence-electron chi connectivity index (χ2n) is 2.65. The average Bonchev–Trinajstić information content (AvgIpc) is 2.44. The molecule has 1 aromatic carbocycles. The number of nitrogens with two attached hydrogens (primary N) is 2. The quantitative estimate of drug-likeness (QED) is 0.576. The molecule has 2 rings (SSSR count). The van der Waals surface area contributed by atoms with Crippen molar-refractivity contribution >= 4 is 44.2 Å². The van der Waals surface area contributed by atoms with Gasteiger partial charge in [0, 0.05) is 5.02 Å². The van der Waals surface area contributed by atoms with Gasteiger partial charge >= 0.3 is 0 Å². The van der Waals surface area contributed by atoms with E-state index in [4.69, 9.17) is 23.1 Å². The van der Waals surface area contributed by atoms with E-state index in [2.05, 4.69) is 9.98 Å². The fraction of sp³-hybridized carbons (Fsp3) is 0. The van der Waals surface area contributed by atoms with E-state index in [9.17, 15) is 0 Å². The van der Waals surface area contributed by atoms with Crippen molar-refractivity contribution in [3.05, 3.63) is 23.2 Å². The number of rotatable bonds is 1. The molecule has 6 heteroatoms. The third-order valence-corrected chi connectivity index (χ3v) is 2.71. The third-order valence-electron chi connectivity index (χ3n) is 1.56. The summed E-state index contributed by atoms with van der Waals surface area (Å²) in [5.41, 5.74) is 11.3. The Balaban J connectivity index is 2.57. The molecule has 0 bridgehead atoms. The normalized spacial score (nSPS) is 10.4. The van der Waals surface area contributed by atoms with Crippen molar-refractivity contribution in [2.75, 3.05) is 0 Å². The van der Waals surface area contributed by atoms with Crippen LogP contribution in [0.1, 0.15) is 0 Å². The molecule has 0 fully saturated rings. The van der Waals surface area contributed by atoms with Crippen LogP contribution in [0.15, 0.2) is 23.2 Å².